The first-order chi connectivity index (χ1) is 8.73. The molecule has 3 amide bonds. The number of amides is 3. The molecule has 0 radical (unpaired) electrons. The largest absolute Gasteiger partial charge is 0.429 e. The quantitative estimate of drug-likeness (QED) is 0.461. The molecule has 2 unspecified atom stereocenters. The predicted molar refractivity (Wildman–Crippen MR) is 67.1 cm³/mol. The number of rotatable bonds is 1. The van der Waals surface area contributed by atoms with Crippen LogP contribution in [-0.2, 0) is 17.6 Å². The number of carbonyl (C=O) groups is 2. The Bertz CT molecular complexity index is 581. The number of nitrogens with one attached hydrogen (secondary N) is 1. The molecule has 2 heterocycles. The van der Waals surface area contributed by atoms with Crippen LogP contribution in [0.25, 0.3) is 0 Å². The summed E-state index contributed by atoms with van der Waals surface area (Å²) in [7, 11) is 0. The van der Waals surface area contributed by atoms with Crippen LogP contribution in [-0.4, -0.2) is 24.5 Å². The minimum absolute atomic E-state index is 0.103. The molecule has 4 nitrogen and oxygen atoms in total. The van der Waals surface area contributed by atoms with E-state index in [0.717, 1.165) is 18.5 Å². The standard InChI is InChI=1S/C14H14N2O2/c17-13-12-8-16(12,14(18)15-13)11-7-3-5-9-4-1-2-6-10(9)11/h3,5,7,12H,1-2,4,6,8H2/p+1. The average molecular weight is 243 g/mol. The van der Waals surface area contributed by atoms with Crippen molar-refractivity contribution in [3.8, 4) is 0 Å². The highest BCUT2D eigenvalue weighted by molar-refractivity contribution is 6.16. The van der Waals surface area contributed by atoms with Crippen molar-refractivity contribution in [2.45, 2.75) is 31.7 Å². The van der Waals surface area contributed by atoms with Gasteiger partial charge >= 0.3 is 6.03 Å². The van der Waals surface area contributed by atoms with Crippen LogP contribution in [0.2, 0.25) is 0 Å². The van der Waals surface area contributed by atoms with E-state index in [4.69, 9.17) is 0 Å². The van der Waals surface area contributed by atoms with Gasteiger partial charge in [-0.2, -0.15) is 4.48 Å². The lowest BCUT2D eigenvalue weighted by atomic mass is 9.90. The van der Waals surface area contributed by atoms with Gasteiger partial charge in [-0.3, -0.25) is 4.79 Å². The minimum atomic E-state index is -0.161. The molecule has 3 aliphatic rings. The second kappa shape index (κ2) is 3.20. The van der Waals surface area contributed by atoms with Crippen LogP contribution in [0.4, 0.5) is 10.5 Å². The zero-order chi connectivity index (χ0) is 12.3. The molecule has 2 fully saturated rings. The molecule has 0 saturated carbocycles. The maximum atomic E-state index is 12.1. The summed E-state index contributed by atoms with van der Waals surface area (Å²) < 4.78 is 0.238. The SMILES string of the molecule is O=C1NC(=O)[N+]2(c3cccc4c3CCCC4)CC12. The van der Waals surface area contributed by atoms with Gasteiger partial charge in [-0.05, 0) is 31.2 Å². The van der Waals surface area contributed by atoms with E-state index >= 15 is 0 Å². The zero-order valence-electron chi connectivity index (χ0n) is 10.1. The summed E-state index contributed by atoms with van der Waals surface area (Å²) in [6.45, 7) is 0.654. The van der Waals surface area contributed by atoms with E-state index < -0.39 is 0 Å². The molecule has 1 aliphatic carbocycles. The van der Waals surface area contributed by atoms with E-state index in [1.165, 1.54) is 24.0 Å². The first kappa shape index (κ1) is 10.3. The second-order valence-electron chi connectivity index (χ2n) is 5.48. The van der Waals surface area contributed by atoms with E-state index in [2.05, 4.69) is 11.4 Å². The number of urea groups is 1. The molecule has 18 heavy (non-hydrogen) atoms. The number of aryl methyl sites for hydroxylation is 1. The molecule has 0 spiro atoms. The minimum Gasteiger partial charge on any atom is -0.267 e. The molecular formula is C14H15N2O2+. The monoisotopic (exact) mass is 243 g/mol. The fraction of sp³-hybridized carbons (Fsp3) is 0.429. The van der Waals surface area contributed by atoms with Gasteiger partial charge in [-0.1, -0.05) is 12.1 Å². The molecule has 2 aliphatic heterocycles. The van der Waals surface area contributed by atoms with E-state index in [1.54, 1.807) is 0 Å². The summed E-state index contributed by atoms with van der Waals surface area (Å²) in [5, 5.41) is 2.46. The molecular weight excluding hydrogens is 228 g/mol. The Labute approximate surface area is 105 Å². The van der Waals surface area contributed by atoms with Crippen molar-refractivity contribution in [1.29, 1.82) is 0 Å². The number of nitrogens with zero attached hydrogens (tertiary/aromatic N) is 1. The first-order valence-electron chi connectivity index (χ1n) is 6.58. The summed E-state index contributed by atoms with van der Waals surface area (Å²) in [5.41, 5.74) is 3.75. The van der Waals surface area contributed by atoms with Crippen LogP contribution in [0.15, 0.2) is 18.2 Å². The van der Waals surface area contributed by atoms with Gasteiger partial charge < -0.3 is 0 Å². The number of hydrogen-bond acceptors (Lipinski definition) is 2. The Kier molecular flexibility index (Phi) is 1.83. The van der Waals surface area contributed by atoms with Crippen molar-refractivity contribution in [3.63, 3.8) is 0 Å². The van der Waals surface area contributed by atoms with Crippen molar-refractivity contribution >= 4 is 17.6 Å². The molecule has 2 saturated heterocycles. The van der Waals surface area contributed by atoms with E-state index in [-0.39, 0.29) is 22.5 Å². The van der Waals surface area contributed by atoms with E-state index in [1.807, 2.05) is 12.1 Å². The highest BCUT2D eigenvalue weighted by Crippen LogP contribution is 2.46. The van der Waals surface area contributed by atoms with Crippen LogP contribution in [0.3, 0.4) is 0 Å². The van der Waals surface area contributed by atoms with E-state index in [9.17, 15) is 9.59 Å². The smallest absolute Gasteiger partial charge is 0.267 e. The Hall–Kier alpha value is -1.68. The average Bonchev–Trinajstić information content (AvgIpc) is 3.09. The van der Waals surface area contributed by atoms with Gasteiger partial charge in [0.25, 0.3) is 5.91 Å². The molecule has 1 N–H and O–H groups in total. The maximum absolute atomic E-state index is 12.1. The predicted octanol–water partition coefficient (Wildman–Crippen LogP) is 1.50. The number of carbonyl (C=O) groups excluding carboxylic acids is 2. The van der Waals surface area contributed by atoms with Crippen LogP contribution >= 0.6 is 0 Å². The second-order valence-corrected chi connectivity index (χ2v) is 5.48. The van der Waals surface area contributed by atoms with Crippen molar-refractivity contribution in [2.75, 3.05) is 6.54 Å². The number of imide groups is 1. The third-order valence-electron chi connectivity index (χ3n) is 4.56. The molecule has 4 heteroatoms. The van der Waals surface area contributed by atoms with Gasteiger partial charge in [0, 0.05) is 11.6 Å². The lowest BCUT2D eigenvalue weighted by Crippen LogP contribution is -2.38. The third-order valence-corrected chi connectivity index (χ3v) is 4.56. The fourth-order valence-corrected chi connectivity index (χ4v) is 3.53. The number of benzene rings is 1. The van der Waals surface area contributed by atoms with Crippen LogP contribution in [0.5, 0.6) is 0 Å². The number of fused-ring (bicyclic) bond motifs is 2. The zero-order valence-corrected chi connectivity index (χ0v) is 10.1. The normalized spacial score (nSPS) is 32.8. The van der Waals surface area contributed by atoms with Crippen molar-refractivity contribution in [1.82, 2.24) is 9.80 Å². The highest BCUT2D eigenvalue weighted by atomic mass is 16.2. The summed E-state index contributed by atoms with van der Waals surface area (Å²) in [6.07, 6.45) is 4.55. The van der Waals surface area contributed by atoms with Gasteiger partial charge in [0.2, 0.25) is 6.04 Å². The molecule has 92 valence electrons. The van der Waals surface area contributed by atoms with E-state index in [0.29, 0.717) is 6.54 Å². The van der Waals surface area contributed by atoms with Crippen molar-refractivity contribution < 1.29 is 9.59 Å². The first-order valence-corrected chi connectivity index (χ1v) is 6.58. The maximum Gasteiger partial charge on any atom is 0.429 e. The van der Waals surface area contributed by atoms with Gasteiger partial charge in [0.15, 0.2) is 6.54 Å². The summed E-state index contributed by atoms with van der Waals surface area (Å²) >= 11 is 0. The third kappa shape index (κ3) is 1.09. The topological polar surface area (TPSA) is 46.2 Å². The van der Waals surface area contributed by atoms with Crippen LogP contribution in [0, 0.1) is 0 Å². The number of quaternary nitrogens is 1. The molecule has 0 aromatic heterocycles. The van der Waals surface area contributed by atoms with Crippen LogP contribution < -0.4 is 9.80 Å². The molecule has 1 aromatic rings. The molecule has 2 atom stereocenters. The Balaban J connectivity index is 1.87. The van der Waals surface area contributed by atoms with Gasteiger partial charge in [-0.25, -0.2) is 10.1 Å². The molecule has 4 rings (SSSR count). The lowest BCUT2D eigenvalue weighted by Gasteiger charge is -2.21. The molecule has 1 aromatic carbocycles. The summed E-state index contributed by atoms with van der Waals surface area (Å²) in [4.78, 5) is 23.7. The van der Waals surface area contributed by atoms with Gasteiger partial charge in [-0.15, -0.1) is 0 Å². The van der Waals surface area contributed by atoms with Crippen LogP contribution in [0.1, 0.15) is 24.0 Å². The number of hydrogen-bond donors (Lipinski definition) is 1. The summed E-state index contributed by atoms with van der Waals surface area (Å²) in [6, 6.07) is 5.92. The Morgan fingerprint density at radius 1 is 1.17 bits per heavy atom. The lowest BCUT2D eigenvalue weighted by molar-refractivity contribution is -0.118. The van der Waals surface area contributed by atoms with Gasteiger partial charge in [0.1, 0.15) is 5.69 Å². The van der Waals surface area contributed by atoms with Crippen molar-refractivity contribution in [2.24, 2.45) is 0 Å². The highest BCUT2D eigenvalue weighted by Gasteiger charge is 2.73. The summed E-state index contributed by atoms with van der Waals surface area (Å²) in [5.74, 6) is -0.103. The Morgan fingerprint density at radius 3 is 2.72 bits per heavy atom. The van der Waals surface area contributed by atoms with Crippen molar-refractivity contribution in [3.05, 3.63) is 29.3 Å². The fourth-order valence-electron chi connectivity index (χ4n) is 3.53. The Morgan fingerprint density at radius 2 is 2.00 bits per heavy atom. The molecule has 0 bridgehead atoms. The van der Waals surface area contributed by atoms with Gasteiger partial charge in [0.05, 0.1) is 0 Å².